The fourth-order valence-electron chi connectivity index (χ4n) is 1.19. The summed E-state index contributed by atoms with van der Waals surface area (Å²) in [5, 5.41) is 16.0. The first-order valence-electron chi connectivity index (χ1n) is 4.72. The van der Waals surface area contributed by atoms with Crippen LogP contribution in [0.4, 0.5) is 5.69 Å². The molecule has 0 spiro atoms. The molecule has 0 bridgehead atoms. The van der Waals surface area contributed by atoms with Crippen LogP contribution in [0.2, 0.25) is 5.02 Å². The Morgan fingerprint density at radius 3 is 3.00 bits per heavy atom. The summed E-state index contributed by atoms with van der Waals surface area (Å²) in [7, 11) is 0. The Balaban J connectivity index is 2.02. The molecule has 4 N–H and O–H groups in total. The largest absolute Gasteiger partial charge is 0.398 e. The van der Waals surface area contributed by atoms with Crippen molar-refractivity contribution in [1.82, 2.24) is 25.9 Å². The van der Waals surface area contributed by atoms with Crippen molar-refractivity contribution in [2.24, 2.45) is 0 Å². The third kappa shape index (κ3) is 2.70. The molecule has 8 heteroatoms. The molecule has 0 aliphatic rings. The van der Waals surface area contributed by atoms with Gasteiger partial charge in [0.25, 0.3) is 5.91 Å². The van der Waals surface area contributed by atoms with Crippen molar-refractivity contribution in [3.05, 3.63) is 34.6 Å². The van der Waals surface area contributed by atoms with Crippen LogP contribution in [0, 0.1) is 0 Å². The molecular weight excluding hydrogens is 244 g/mol. The summed E-state index contributed by atoms with van der Waals surface area (Å²) < 4.78 is 0. The molecule has 2 aromatic rings. The number of anilines is 1. The highest BCUT2D eigenvalue weighted by Gasteiger charge is 2.08. The number of aromatic amines is 1. The first kappa shape index (κ1) is 11.3. The molecule has 0 fully saturated rings. The number of amides is 1. The van der Waals surface area contributed by atoms with E-state index in [2.05, 4.69) is 25.9 Å². The number of nitrogens with one attached hydrogen (secondary N) is 2. The van der Waals surface area contributed by atoms with E-state index in [1.165, 1.54) is 6.07 Å². The Hall–Kier alpha value is -2.15. The number of hydrogen-bond donors (Lipinski definition) is 3. The van der Waals surface area contributed by atoms with Crippen LogP contribution < -0.4 is 11.1 Å². The van der Waals surface area contributed by atoms with Crippen molar-refractivity contribution in [3.63, 3.8) is 0 Å². The Bertz CT molecular complexity index is 526. The van der Waals surface area contributed by atoms with Crippen LogP contribution in [0.3, 0.4) is 0 Å². The van der Waals surface area contributed by atoms with Crippen molar-refractivity contribution in [2.45, 2.75) is 6.54 Å². The first-order chi connectivity index (χ1) is 8.16. The molecule has 88 valence electrons. The van der Waals surface area contributed by atoms with Crippen molar-refractivity contribution in [3.8, 4) is 0 Å². The minimum atomic E-state index is -0.281. The second kappa shape index (κ2) is 4.79. The normalized spacial score (nSPS) is 10.2. The number of rotatable bonds is 3. The molecule has 0 aliphatic carbocycles. The van der Waals surface area contributed by atoms with Crippen LogP contribution in [0.25, 0.3) is 0 Å². The predicted molar refractivity (Wildman–Crippen MR) is 61.2 cm³/mol. The number of nitrogens with zero attached hydrogens (tertiary/aromatic N) is 3. The number of nitrogen functional groups attached to an aromatic ring is 1. The van der Waals surface area contributed by atoms with Crippen molar-refractivity contribution < 1.29 is 4.79 Å². The molecule has 7 nitrogen and oxygen atoms in total. The van der Waals surface area contributed by atoms with Crippen molar-refractivity contribution in [1.29, 1.82) is 0 Å². The average Bonchev–Trinajstić information content (AvgIpc) is 2.82. The number of hydrogen-bond acceptors (Lipinski definition) is 5. The second-order valence-electron chi connectivity index (χ2n) is 3.25. The highest BCUT2D eigenvalue weighted by Crippen LogP contribution is 2.19. The maximum Gasteiger partial charge on any atom is 0.251 e. The molecule has 2 rings (SSSR count). The summed E-state index contributed by atoms with van der Waals surface area (Å²) in [6.07, 6.45) is 0. The monoisotopic (exact) mass is 252 g/mol. The molecule has 0 aliphatic heterocycles. The van der Waals surface area contributed by atoms with Gasteiger partial charge < -0.3 is 11.1 Å². The standard InChI is InChI=1S/C9H9ClN6O/c10-6-3-5(1-2-7(6)11)9(17)12-4-8-13-15-16-14-8/h1-3H,4,11H2,(H,12,17)(H,13,14,15,16). The highest BCUT2D eigenvalue weighted by molar-refractivity contribution is 6.33. The Labute approximate surface area is 101 Å². The zero-order valence-corrected chi connectivity index (χ0v) is 9.40. The number of carbonyl (C=O) groups is 1. The molecule has 0 saturated heterocycles. The van der Waals surface area contributed by atoms with Gasteiger partial charge in [-0.3, -0.25) is 4.79 Å². The SMILES string of the molecule is Nc1ccc(C(=O)NCc2nn[nH]n2)cc1Cl. The third-order valence-corrected chi connectivity index (χ3v) is 2.39. The van der Waals surface area contributed by atoms with E-state index in [1.54, 1.807) is 12.1 Å². The first-order valence-corrected chi connectivity index (χ1v) is 5.10. The lowest BCUT2D eigenvalue weighted by Crippen LogP contribution is -2.23. The Morgan fingerprint density at radius 1 is 1.53 bits per heavy atom. The molecular formula is C9H9ClN6O. The number of halogens is 1. The van der Waals surface area contributed by atoms with Crippen molar-refractivity contribution >= 4 is 23.2 Å². The van der Waals surface area contributed by atoms with Crippen molar-refractivity contribution in [2.75, 3.05) is 5.73 Å². The van der Waals surface area contributed by atoms with Gasteiger partial charge in [-0.15, -0.1) is 10.2 Å². The molecule has 0 saturated carbocycles. The molecule has 0 radical (unpaired) electrons. The Kier molecular flexibility index (Phi) is 3.20. The van der Waals surface area contributed by atoms with Crippen LogP contribution in [0.5, 0.6) is 0 Å². The second-order valence-corrected chi connectivity index (χ2v) is 3.65. The van der Waals surface area contributed by atoms with Crippen LogP contribution in [-0.2, 0) is 6.54 Å². The lowest BCUT2D eigenvalue weighted by Gasteiger charge is -2.04. The van der Waals surface area contributed by atoms with Gasteiger partial charge in [0.15, 0.2) is 5.82 Å². The van der Waals surface area contributed by atoms with Gasteiger partial charge >= 0.3 is 0 Å². The maximum absolute atomic E-state index is 11.7. The van der Waals surface area contributed by atoms with Crippen LogP contribution in [-0.4, -0.2) is 26.5 Å². The van der Waals surface area contributed by atoms with E-state index >= 15 is 0 Å². The molecule has 1 heterocycles. The summed E-state index contributed by atoms with van der Waals surface area (Å²) in [6, 6.07) is 4.67. The van der Waals surface area contributed by atoms with E-state index in [4.69, 9.17) is 17.3 Å². The quantitative estimate of drug-likeness (QED) is 0.684. The topological polar surface area (TPSA) is 110 Å². The smallest absolute Gasteiger partial charge is 0.251 e. The van der Waals surface area contributed by atoms with E-state index in [0.29, 0.717) is 22.1 Å². The highest BCUT2D eigenvalue weighted by atomic mass is 35.5. The Morgan fingerprint density at radius 2 is 2.35 bits per heavy atom. The van der Waals surface area contributed by atoms with Crippen LogP contribution in [0.15, 0.2) is 18.2 Å². The summed E-state index contributed by atoms with van der Waals surface area (Å²) in [5.41, 5.74) is 6.40. The number of benzene rings is 1. The maximum atomic E-state index is 11.7. The average molecular weight is 253 g/mol. The van der Waals surface area contributed by atoms with E-state index in [-0.39, 0.29) is 12.5 Å². The summed E-state index contributed by atoms with van der Waals surface area (Å²) in [5.74, 6) is 0.122. The number of H-pyrrole nitrogens is 1. The lowest BCUT2D eigenvalue weighted by atomic mass is 10.2. The summed E-state index contributed by atoms with van der Waals surface area (Å²) in [4.78, 5) is 11.7. The van der Waals surface area contributed by atoms with Crippen LogP contribution in [0.1, 0.15) is 16.2 Å². The van der Waals surface area contributed by atoms with Gasteiger partial charge in [0.1, 0.15) is 0 Å². The molecule has 1 aromatic heterocycles. The minimum absolute atomic E-state index is 0.192. The van der Waals surface area contributed by atoms with E-state index < -0.39 is 0 Å². The number of aromatic nitrogens is 4. The zero-order chi connectivity index (χ0) is 12.3. The summed E-state index contributed by atoms with van der Waals surface area (Å²) in [6.45, 7) is 0.192. The van der Waals surface area contributed by atoms with Gasteiger partial charge in [-0.2, -0.15) is 5.21 Å². The van der Waals surface area contributed by atoms with Gasteiger partial charge in [0, 0.05) is 5.56 Å². The number of carbonyl (C=O) groups excluding carboxylic acids is 1. The van der Waals surface area contributed by atoms with Gasteiger partial charge in [0.2, 0.25) is 0 Å². The lowest BCUT2D eigenvalue weighted by molar-refractivity contribution is 0.0950. The molecule has 17 heavy (non-hydrogen) atoms. The van der Waals surface area contributed by atoms with Gasteiger partial charge in [0.05, 0.1) is 17.3 Å². The van der Waals surface area contributed by atoms with Gasteiger partial charge in [-0.05, 0) is 18.2 Å². The number of tetrazole rings is 1. The van der Waals surface area contributed by atoms with E-state index in [0.717, 1.165) is 0 Å². The molecule has 1 aromatic carbocycles. The van der Waals surface area contributed by atoms with Crippen LogP contribution >= 0.6 is 11.6 Å². The third-order valence-electron chi connectivity index (χ3n) is 2.06. The molecule has 0 unspecified atom stereocenters. The fourth-order valence-corrected chi connectivity index (χ4v) is 1.37. The van der Waals surface area contributed by atoms with Gasteiger partial charge in [-0.1, -0.05) is 16.8 Å². The van der Waals surface area contributed by atoms with Gasteiger partial charge in [-0.25, -0.2) is 0 Å². The summed E-state index contributed by atoms with van der Waals surface area (Å²) >= 11 is 5.81. The van der Waals surface area contributed by atoms with E-state index in [1.807, 2.05) is 0 Å². The number of nitrogens with two attached hydrogens (primary N) is 1. The predicted octanol–water partition coefficient (Wildman–Crippen LogP) is 0.365. The van der Waals surface area contributed by atoms with E-state index in [9.17, 15) is 4.79 Å². The zero-order valence-electron chi connectivity index (χ0n) is 8.64. The minimum Gasteiger partial charge on any atom is -0.398 e. The molecule has 1 amide bonds. The molecule has 0 atom stereocenters. The fraction of sp³-hybridized carbons (Fsp3) is 0.111.